The van der Waals surface area contributed by atoms with Crippen molar-refractivity contribution >= 4 is 0 Å². The minimum absolute atomic E-state index is 0.495. The maximum absolute atomic E-state index is 3.51. The Kier molecular flexibility index (Phi) is 4.57. The van der Waals surface area contributed by atoms with Crippen LogP contribution in [0.25, 0.3) is 0 Å². The zero-order valence-electron chi connectivity index (χ0n) is 14.8. The molecular weight excluding hydrogens is 244 g/mol. The fourth-order valence-corrected chi connectivity index (χ4v) is 5.34. The lowest BCUT2D eigenvalue weighted by atomic mass is 9.63. The molecule has 3 unspecified atom stereocenters. The van der Waals surface area contributed by atoms with E-state index in [1.54, 1.807) is 0 Å². The van der Waals surface area contributed by atoms with E-state index in [4.69, 9.17) is 0 Å². The monoisotopic (exact) mass is 280 g/mol. The van der Waals surface area contributed by atoms with Crippen molar-refractivity contribution in [2.24, 2.45) is 16.7 Å². The maximum Gasteiger partial charge on any atom is 0.0117 e. The van der Waals surface area contributed by atoms with E-state index in [0.29, 0.717) is 22.9 Å². The lowest BCUT2D eigenvalue weighted by Gasteiger charge is -2.53. The normalized spacial score (nSPS) is 38.9. The van der Waals surface area contributed by atoms with E-state index >= 15 is 0 Å². The summed E-state index contributed by atoms with van der Waals surface area (Å²) in [5.74, 6) is 0.752. The molecule has 2 heteroatoms. The number of hydrogen-bond acceptors (Lipinski definition) is 2. The van der Waals surface area contributed by atoms with Crippen LogP contribution in [0.2, 0.25) is 0 Å². The van der Waals surface area contributed by atoms with Crippen molar-refractivity contribution in [3.63, 3.8) is 0 Å². The van der Waals surface area contributed by atoms with Crippen LogP contribution in [-0.2, 0) is 0 Å². The number of nitrogens with one attached hydrogen (secondary N) is 1. The van der Waals surface area contributed by atoms with E-state index in [-0.39, 0.29) is 0 Å². The fraction of sp³-hybridized carbons (Fsp3) is 1.00. The van der Waals surface area contributed by atoms with E-state index in [0.717, 1.165) is 12.0 Å². The summed E-state index contributed by atoms with van der Waals surface area (Å²) in [4.78, 5) is 2.83. The highest BCUT2D eigenvalue weighted by Crippen LogP contribution is 2.48. The largest absolute Gasteiger partial charge is 0.317 e. The van der Waals surface area contributed by atoms with Crippen LogP contribution in [0.1, 0.15) is 67.2 Å². The predicted octanol–water partition coefficient (Wildman–Crippen LogP) is 3.91. The molecule has 118 valence electrons. The molecule has 0 bridgehead atoms. The van der Waals surface area contributed by atoms with E-state index in [9.17, 15) is 0 Å². The van der Waals surface area contributed by atoms with Gasteiger partial charge in [-0.3, -0.25) is 4.90 Å². The van der Waals surface area contributed by atoms with E-state index < -0.39 is 0 Å². The maximum atomic E-state index is 3.51. The molecule has 2 aliphatic rings. The quantitative estimate of drug-likeness (QED) is 0.825. The molecule has 0 spiro atoms. The molecule has 1 saturated heterocycles. The molecule has 0 amide bonds. The van der Waals surface area contributed by atoms with Gasteiger partial charge < -0.3 is 5.32 Å². The van der Waals surface area contributed by atoms with Gasteiger partial charge in [-0.15, -0.1) is 0 Å². The highest BCUT2D eigenvalue weighted by molar-refractivity contribution is 4.98. The van der Waals surface area contributed by atoms with Gasteiger partial charge in [0.2, 0.25) is 0 Å². The molecule has 2 nitrogen and oxygen atoms in total. The molecule has 0 aromatic carbocycles. The van der Waals surface area contributed by atoms with Crippen LogP contribution in [0.4, 0.5) is 0 Å². The molecule has 1 heterocycles. The van der Waals surface area contributed by atoms with Gasteiger partial charge in [0.15, 0.2) is 0 Å². The Labute approximate surface area is 126 Å². The van der Waals surface area contributed by atoms with E-state index in [2.05, 4.69) is 58.8 Å². The Hall–Kier alpha value is -0.0800. The van der Waals surface area contributed by atoms with Gasteiger partial charge >= 0.3 is 0 Å². The van der Waals surface area contributed by atoms with Crippen LogP contribution in [0, 0.1) is 16.7 Å². The van der Waals surface area contributed by atoms with Gasteiger partial charge in [0.25, 0.3) is 0 Å². The van der Waals surface area contributed by atoms with Crippen LogP contribution in [0.3, 0.4) is 0 Å². The lowest BCUT2D eigenvalue weighted by molar-refractivity contribution is -0.0251. The average molecular weight is 280 g/mol. The molecule has 3 atom stereocenters. The third kappa shape index (κ3) is 3.39. The zero-order valence-corrected chi connectivity index (χ0v) is 14.8. The van der Waals surface area contributed by atoms with E-state index in [1.807, 2.05) is 0 Å². The predicted molar refractivity (Wildman–Crippen MR) is 88.0 cm³/mol. The summed E-state index contributed by atoms with van der Waals surface area (Å²) >= 11 is 0. The topological polar surface area (TPSA) is 15.3 Å². The van der Waals surface area contributed by atoms with Gasteiger partial charge in [0.05, 0.1) is 0 Å². The summed E-state index contributed by atoms with van der Waals surface area (Å²) in [5.41, 5.74) is 0.991. The van der Waals surface area contributed by atoms with Gasteiger partial charge in [-0.05, 0) is 56.4 Å². The summed E-state index contributed by atoms with van der Waals surface area (Å²) in [6, 6.07) is 2.19. The van der Waals surface area contributed by atoms with Crippen molar-refractivity contribution < 1.29 is 0 Å². The number of piperidine rings is 1. The summed E-state index contributed by atoms with van der Waals surface area (Å²) in [7, 11) is 2.12. The molecular formula is C18H36N2. The Bertz CT molecular complexity index is 318. The van der Waals surface area contributed by atoms with Gasteiger partial charge in [-0.1, -0.05) is 34.6 Å². The van der Waals surface area contributed by atoms with Gasteiger partial charge in [-0.25, -0.2) is 0 Å². The van der Waals surface area contributed by atoms with Crippen LogP contribution >= 0.6 is 0 Å². The number of likely N-dealkylation sites (tertiary alicyclic amines) is 1. The molecule has 1 saturated carbocycles. The Balaban J connectivity index is 2.11. The molecule has 20 heavy (non-hydrogen) atoms. The van der Waals surface area contributed by atoms with Crippen LogP contribution < -0.4 is 5.32 Å². The number of nitrogens with zero attached hydrogens (tertiary/aromatic N) is 1. The van der Waals surface area contributed by atoms with Gasteiger partial charge in [0.1, 0.15) is 0 Å². The Morgan fingerprint density at radius 2 is 1.55 bits per heavy atom. The molecule has 0 aromatic rings. The third-order valence-electron chi connectivity index (χ3n) is 5.99. The van der Waals surface area contributed by atoms with Crippen LogP contribution in [0.5, 0.6) is 0 Å². The highest BCUT2D eigenvalue weighted by atomic mass is 15.2. The summed E-state index contributed by atoms with van der Waals surface area (Å²) in [6.07, 6.45) is 5.42. The molecule has 1 aliphatic heterocycles. The van der Waals surface area contributed by atoms with E-state index in [1.165, 1.54) is 32.2 Å². The first kappa shape index (κ1) is 16.3. The molecule has 0 aromatic heterocycles. The van der Waals surface area contributed by atoms with Crippen molar-refractivity contribution in [2.45, 2.75) is 85.4 Å². The number of rotatable bonds is 2. The second kappa shape index (κ2) is 5.61. The molecule has 1 N–H and O–H groups in total. The summed E-state index contributed by atoms with van der Waals surface area (Å²) in [5, 5.41) is 3.51. The summed E-state index contributed by atoms with van der Waals surface area (Å²) in [6.45, 7) is 16.0. The van der Waals surface area contributed by atoms with Crippen molar-refractivity contribution in [1.29, 1.82) is 0 Å². The molecule has 1 aliphatic carbocycles. The van der Waals surface area contributed by atoms with Crippen molar-refractivity contribution in [3.05, 3.63) is 0 Å². The SMILES string of the molecule is CNC1CCN(C2CC(C)(C)CC(C)(C)C2)C(C)C1C. The zero-order chi connectivity index (χ0) is 15.1. The van der Waals surface area contributed by atoms with Crippen molar-refractivity contribution in [2.75, 3.05) is 13.6 Å². The first-order valence-corrected chi connectivity index (χ1v) is 8.58. The highest BCUT2D eigenvalue weighted by Gasteiger charge is 2.43. The second-order valence-electron chi connectivity index (χ2n) is 9.09. The first-order chi connectivity index (χ1) is 9.15. The van der Waals surface area contributed by atoms with Crippen molar-refractivity contribution in [3.8, 4) is 0 Å². The Morgan fingerprint density at radius 3 is 2.05 bits per heavy atom. The lowest BCUT2D eigenvalue weighted by Crippen LogP contribution is -2.58. The van der Waals surface area contributed by atoms with Gasteiger partial charge in [0, 0.05) is 24.7 Å². The van der Waals surface area contributed by atoms with Crippen LogP contribution in [-0.4, -0.2) is 36.6 Å². The average Bonchev–Trinajstić information content (AvgIpc) is 2.28. The van der Waals surface area contributed by atoms with Crippen LogP contribution in [0.15, 0.2) is 0 Å². The third-order valence-corrected chi connectivity index (χ3v) is 5.99. The number of hydrogen-bond donors (Lipinski definition) is 1. The minimum atomic E-state index is 0.495. The molecule has 2 fully saturated rings. The first-order valence-electron chi connectivity index (χ1n) is 8.58. The smallest absolute Gasteiger partial charge is 0.0117 e. The second-order valence-corrected chi connectivity index (χ2v) is 9.09. The molecule has 0 radical (unpaired) electrons. The molecule has 2 rings (SSSR count). The Morgan fingerprint density at radius 1 is 1.00 bits per heavy atom. The minimum Gasteiger partial charge on any atom is -0.317 e. The summed E-state index contributed by atoms with van der Waals surface area (Å²) < 4.78 is 0. The van der Waals surface area contributed by atoms with Gasteiger partial charge in [-0.2, -0.15) is 0 Å². The standard InChI is InChI=1S/C18H36N2/c1-13-14(2)20(9-8-16(13)19-7)15-10-17(3,4)12-18(5,6)11-15/h13-16,19H,8-12H2,1-7H3. The fourth-order valence-electron chi connectivity index (χ4n) is 5.34. The van der Waals surface area contributed by atoms with Crippen molar-refractivity contribution in [1.82, 2.24) is 10.2 Å².